The zero-order valence-electron chi connectivity index (χ0n) is 17.0. The van der Waals surface area contributed by atoms with Crippen LogP contribution in [0.3, 0.4) is 0 Å². The van der Waals surface area contributed by atoms with Crippen molar-refractivity contribution in [3.05, 3.63) is 23.9 Å². The highest BCUT2D eigenvalue weighted by Gasteiger charge is 2.35. The van der Waals surface area contributed by atoms with Gasteiger partial charge in [-0.25, -0.2) is 4.98 Å². The lowest BCUT2D eigenvalue weighted by molar-refractivity contribution is -0.139. The van der Waals surface area contributed by atoms with Crippen LogP contribution in [-0.2, 0) is 6.18 Å². The van der Waals surface area contributed by atoms with Crippen LogP contribution in [0, 0.1) is 0 Å². The van der Waals surface area contributed by atoms with Gasteiger partial charge in [-0.3, -0.25) is 4.99 Å². The predicted octanol–water partition coefficient (Wildman–Crippen LogP) is 3.53. The summed E-state index contributed by atoms with van der Waals surface area (Å²) in [5, 5.41) is 6.46. The topological polar surface area (TPSA) is 61.8 Å². The molecule has 0 aromatic carbocycles. The van der Waals surface area contributed by atoms with Crippen molar-refractivity contribution in [2.45, 2.75) is 44.8 Å². The number of nitrogens with one attached hydrogen (secondary N) is 2. The Balaban J connectivity index is 0.00000420. The molecule has 1 aliphatic heterocycles. The van der Waals surface area contributed by atoms with Gasteiger partial charge in [0.25, 0.3) is 0 Å². The zero-order valence-corrected chi connectivity index (χ0v) is 19.3. The Labute approximate surface area is 187 Å². The third-order valence-electron chi connectivity index (χ3n) is 4.69. The first-order valence-electron chi connectivity index (χ1n) is 9.78. The number of alkyl halides is 3. The molecule has 0 aliphatic carbocycles. The quantitative estimate of drug-likeness (QED) is 0.234. The number of ether oxygens (including phenoxy) is 1. The summed E-state index contributed by atoms with van der Waals surface area (Å²) in [6.07, 6.45) is 1.33. The smallest absolute Gasteiger partial charge is 0.421 e. The van der Waals surface area contributed by atoms with E-state index in [0.717, 1.165) is 38.5 Å². The van der Waals surface area contributed by atoms with Gasteiger partial charge in [0.15, 0.2) is 5.96 Å². The fraction of sp³-hybridized carbons (Fsp3) is 0.684. The molecule has 166 valence electrons. The van der Waals surface area contributed by atoms with Gasteiger partial charge in [-0.2, -0.15) is 13.2 Å². The van der Waals surface area contributed by atoms with E-state index in [1.165, 1.54) is 25.1 Å². The fourth-order valence-electron chi connectivity index (χ4n) is 3.11. The largest absolute Gasteiger partial charge is 0.475 e. The highest BCUT2D eigenvalue weighted by atomic mass is 127. The molecular weight excluding hydrogens is 498 g/mol. The minimum absolute atomic E-state index is 0. The molecule has 0 saturated carbocycles. The van der Waals surface area contributed by atoms with Crippen LogP contribution in [0.4, 0.5) is 13.2 Å². The summed E-state index contributed by atoms with van der Waals surface area (Å²) < 4.78 is 44.0. The first-order valence-corrected chi connectivity index (χ1v) is 9.78. The Morgan fingerprint density at radius 1 is 1.34 bits per heavy atom. The van der Waals surface area contributed by atoms with Crippen LogP contribution >= 0.6 is 24.0 Å². The number of aliphatic imine (C=N–C) groups is 1. The molecule has 2 N–H and O–H groups in total. The fourth-order valence-corrected chi connectivity index (χ4v) is 3.11. The monoisotopic (exact) mass is 529 g/mol. The van der Waals surface area contributed by atoms with E-state index in [0.29, 0.717) is 18.5 Å². The maximum absolute atomic E-state index is 12.9. The molecule has 0 amide bonds. The number of hydrogen-bond donors (Lipinski definition) is 2. The van der Waals surface area contributed by atoms with Crippen molar-refractivity contribution < 1.29 is 17.9 Å². The number of piperidine rings is 1. The molecule has 1 aromatic heterocycles. The second kappa shape index (κ2) is 13.1. The molecule has 1 fully saturated rings. The molecule has 0 atom stereocenters. The number of rotatable bonds is 8. The third kappa shape index (κ3) is 8.93. The molecule has 10 heteroatoms. The van der Waals surface area contributed by atoms with Crippen LogP contribution in [0.1, 0.15) is 38.2 Å². The number of pyridine rings is 1. The summed E-state index contributed by atoms with van der Waals surface area (Å²) in [4.78, 5) is 10.3. The molecule has 1 aliphatic rings. The average molecular weight is 529 g/mol. The van der Waals surface area contributed by atoms with Crippen molar-refractivity contribution in [2.75, 3.05) is 39.8 Å². The first-order chi connectivity index (χ1) is 13.4. The first kappa shape index (κ1) is 25.7. The summed E-state index contributed by atoms with van der Waals surface area (Å²) in [7, 11) is 1.67. The molecule has 1 aromatic rings. The number of nitrogens with zero attached hydrogens (tertiary/aromatic N) is 3. The Hall–Kier alpha value is -1.30. The van der Waals surface area contributed by atoms with Crippen LogP contribution < -0.4 is 15.4 Å². The second-order valence-corrected chi connectivity index (χ2v) is 6.82. The number of guanidine groups is 1. The SMILES string of the molecule is CCCCN1CCC(NC(=NC)NCCOc2ncccc2C(F)(F)F)CC1.I. The van der Waals surface area contributed by atoms with E-state index in [1.807, 2.05) is 0 Å². The molecule has 0 unspecified atom stereocenters. The van der Waals surface area contributed by atoms with Gasteiger partial charge in [0.2, 0.25) is 5.88 Å². The number of likely N-dealkylation sites (tertiary alicyclic amines) is 1. The van der Waals surface area contributed by atoms with Crippen LogP contribution in [0.5, 0.6) is 5.88 Å². The van der Waals surface area contributed by atoms with Crippen molar-refractivity contribution in [1.82, 2.24) is 20.5 Å². The predicted molar refractivity (Wildman–Crippen MR) is 119 cm³/mol. The molecule has 0 radical (unpaired) electrons. The number of halogens is 4. The van der Waals surface area contributed by atoms with Crippen molar-refractivity contribution >= 4 is 29.9 Å². The standard InChI is InChI=1S/C19H30F3N5O.HI/c1-3-4-11-27-12-7-15(8-13-27)26-18(23-2)25-10-14-28-17-16(19(20,21)22)6-5-9-24-17;/h5-6,9,15H,3-4,7-8,10-14H2,1-2H3,(H2,23,25,26);1H. The normalized spacial score (nSPS) is 16.2. The highest BCUT2D eigenvalue weighted by Crippen LogP contribution is 2.34. The van der Waals surface area contributed by atoms with Crippen molar-refractivity contribution in [3.8, 4) is 5.88 Å². The van der Waals surface area contributed by atoms with E-state index < -0.39 is 17.6 Å². The Morgan fingerprint density at radius 3 is 2.69 bits per heavy atom. The lowest BCUT2D eigenvalue weighted by Gasteiger charge is -2.33. The number of aromatic nitrogens is 1. The molecule has 2 rings (SSSR count). The second-order valence-electron chi connectivity index (χ2n) is 6.82. The van der Waals surface area contributed by atoms with Gasteiger partial charge in [0.05, 0.1) is 6.54 Å². The maximum atomic E-state index is 12.9. The molecular formula is C19H31F3IN5O. The lowest BCUT2D eigenvalue weighted by atomic mass is 10.0. The van der Waals surface area contributed by atoms with E-state index >= 15 is 0 Å². The highest BCUT2D eigenvalue weighted by molar-refractivity contribution is 14.0. The van der Waals surface area contributed by atoms with Crippen LogP contribution in [0.15, 0.2) is 23.3 Å². The Bertz CT molecular complexity index is 622. The molecule has 0 bridgehead atoms. The third-order valence-corrected chi connectivity index (χ3v) is 4.69. The van der Waals surface area contributed by atoms with E-state index in [-0.39, 0.29) is 30.6 Å². The Kier molecular flexibility index (Phi) is 11.6. The molecule has 2 heterocycles. The van der Waals surface area contributed by atoms with E-state index in [2.05, 4.69) is 32.4 Å². The molecule has 0 spiro atoms. The molecule has 1 saturated heterocycles. The number of unbranched alkanes of at least 4 members (excludes halogenated alkanes) is 1. The van der Waals surface area contributed by atoms with Crippen LogP contribution in [-0.4, -0.2) is 61.7 Å². The van der Waals surface area contributed by atoms with Gasteiger partial charge in [-0.05, 0) is 37.9 Å². The van der Waals surface area contributed by atoms with Gasteiger partial charge < -0.3 is 20.3 Å². The van der Waals surface area contributed by atoms with Gasteiger partial charge in [0, 0.05) is 32.4 Å². The van der Waals surface area contributed by atoms with E-state index in [4.69, 9.17) is 4.74 Å². The Morgan fingerprint density at radius 2 is 2.07 bits per heavy atom. The van der Waals surface area contributed by atoms with Crippen molar-refractivity contribution in [1.29, 1.82) is 0 Å². The van der Waals surface area contributed by atoms with E-state index in [1.54, 1.807) is 7.05 Å². The van der Waals surface area contributed by atoms with Gasteiger partial charge in [-0.1, -0.05) is 13.3 Å². The summed E-state index contributed by atoms with van der Waals surface area (Å²) in [5.74, 6) is 0.229. The van der Waals surface area contributed by atoms with Crippen molar-refractivity contribution in [3.63, 3.8) is 0 Å². The van der Waals surface area contributed by atoms with Crippen LogP contribution in [0.2, 0.25) is 0 Å². The summed E-state index contributed by atoms with van der Waals surface area (Å²) in [6.45, 7) is 5.86. The summed E-state index contributed by atoms with van der Waals surface area (Å²) >= 11 is 0. The van der Waals surface area contributed by atoms with Crippen molar-refractivity contribution in [2.24, 2.45) is 4.99 Å². The number of hydrogen-bond acceptors (Lipinski definition) is 4. The zero-order chi connectivity index (χ0) is 20.4. The van der Waals surface area contributed by atoms with E-state index in [9.17, 15) is 13.2 Å². The van der Waals surface area contributed by atoms with Crippen LogP contribution in [0.25, 0.3) is 0 Å². The van der Waals surface area contributed by atoms with Gasteiger partial charge in [0.1, 0.15) is 12.2 Å². The molecule has 29 heavy (non-hydrogen) atoms. The summed E-state index contributed by atoms with van der Waals surface area (Å²) in [5.41, 5.74) is -0.868. The molecule has 6 nitrogen and oxygen atoms in total. The maximum Gasteiger partial charge on any atom is 0.421 e. The van der Waals surface area contributed by atoms with Gasteiger partial charge >= 0.3 is 6.18 Å². The van der Waals surface area contributed by atoms with Gasteiger partial charge in [-0.15, -0.1) is 24.0 Å². The lowest BCUT2D eigenvalue weighted by Crippen LogP contribution is -2.49. The minimum Gasteiger partial charge on any atom is -0.475 e. The summed E-state index contributed by atoms with van der Waals surface area (Å²) in [6, 6.07) is 2.55. The average Bonchev–Trinajstić information content (AvgIpc) is 2.69. The minimum atomic E-state index is -4.49.